The van der Waals surface area contributed by atoms with Crippen LogP contribution in [0.3, 0.4) is 0 Å². The minimum absolute atomic E-state index is 0.118. The number of carbonyl (C=O) groups excluding carboxylic acids is 3. The summed E-state index contributed by atoms with van der Waals surface area (Å²) in [5, 5.41) is 11.0. The summed E-state index contributed by atoms with van der Waals surface area (Å²) < 4.78 is 5.84. The SMILES string of the molecule is Cc1cccc(Cc2nnc(C(C)[C@@](C)(C=O)NC(=O)CN3C(=O)CCc4ccccc43)o2)c1. The molecule has 0 bridgehead atoms. The van der Waals surface area contributed by atoms with Crippen molar-refractivity contribution < 1.29 is 18.8 Å². The Kier molecular flexibility index (Phi) is 6.58. The molecule has 1 aliphatic heterocycles. The summed E-state index contributed by atoms with van der Waals surface area (Å²) in [7, 11) is 0. The third-order valence-electron chi connectivity index (χ3n) is 6.34. The molecule has 4 rings (SSSR count). The monoisotopic (exact) mass is 460 g/mol. The van der Waals surface area contributed by atoms with Crippen LogP contribution in [0.15, 0.2) is 52.9 Å². The summed E-state index contributed by atoms with van der Waals surface area (Å²) in [6.07, 6.45) is 2.14. The number of carbonyl (C=O) groups is 3. The molecule has 0 saturated heterocycles. The van der Waals surface area contributed by atoms with Crippen LogP contribution in [0.4, 0.5) is 5.69 Å². The Morgan fingerprint density at radius 1 is 1.21 bits per heavy atom. The molecule has 2 heterocycles. The Morgan fingerprint density at radius 3 is 2.76 bits per heavy atom. The highest BCUT2D eigenvalue weighted by Crippen LogP contribution is 2.29. The molecule has 0 spiro atoms. The van der Waals surface area contributed by atoms with Gasteiger partial charge in [0.15, 0.2) is 0 Å². The summed E-state index contributed by atoms with van der Waals surface area (Å²) in [5.41, 5.74) is 2.64. The molecule has 2 atom stereocenters. The first-order valence-corrected chi connectivity index (χ1v) is 11.3. The number of amides is 2. The lowest BCUT2D eigenvalue weighted by Gasteiger charge is -2.32. The number of aromatic nitrogens is 2. The molecular weight excluding hydrogens is 432 g/mol. The second-order valence-electron chi connectivity index (χ2n) is 8.98. The highest BCUT2D eigenvalue weighted by molar-refractivity contribution is 6.01. The van der Waals surface area contributed by atoms with Crippen molar-refractivity contribution in [2.24, 2.45) is 0 Å². The zero-order chi connectivity index (χ0) is 24.3. The Balaban J connectivity index is 1.46. The smallest absolute Gasteiger partial charge is 0.240 e. The van der Waals surface area contributed by atoms with Crippen LogP contribution in [0.1, 0.15) is 54.7 Å². The number of hydrogen-bond acceptors (Lipinski definition) is 6. The Bertz CT molecular complexity index is 1220. The Hall–Kier alpha value is -3.81. The summed E-state index contributed by atoms with van der Waals surface area (Å²) in [5.74, 6) is -0.435. The topological polar surface area (TPSA) is 105 Å². The van der Waals surface area contributed by atoms with Gasteiger partial charge in [-0.1, -0.05) is 55.0 Å². The van der Waals surface area contributed by atoms with Gasteiger partial charge in [-0.2, -0.15) is 0 Å². The molecule has 1 aromatic heterocycles. The van der Waals surface area contributed by atoms with E-state index in [9.17, 15) is 14.4 Å². The van der Waals surface area contributed by atoms with Gasteiger partial charge in [0.2, 0.25) is 23.6 Å². The van der Waals surface area contributed by atoms with Crippen molar-refractivity contribution >= 4 is 23.8 Å². The zero-order valence-corrected chi connectivity index (χ0v) is 19.6. The number of anilines is 1. The van der Waals surface area contributed by atoms with Gasteiger partial charge in [-0.3, -0.25) is 9.59 Å². The van der Waals surface area contributed by atoms with Gasteiger partial charge in [0.05, 0.1) is 12.3 Å². The molecule has 1 unspecified atom stereocenters. The van der Waals surface area contributed by atoms with E-state index in [1.807, 2.05) is 55.5 Å². The summed E-state index contributed by atoms with van der Waals surface area (Å²) in [6, 6.07) is 15.5. The van der Waals surface area contributed by atoms with Crippen molar-refractivity contribution in [3.63, 3.8) is 0 Å². The van der Waals surface area contributed by atoms with Crippen molar-refractivity contribution in [2.75, 3.05) is 11.4 Å². The largest absolute Gasteiger partial charge is 0.425 e. The number of benzene rings is 2. The number of rotatable bonds is 8. The fraction of sp³-hybridized carbons (Fsp3) is 0.346. The first kappa shape index (κ1) is 23.4. The molecule has 176 valence electrons. The van der Waals surface area contributed by atoms with Crippen LogP contribution >= 0.6 is 0 Å². The number of aryl methyl sites for hydroxylation is 2. The highest BCUT2D eigenvalue weighted by atomic mass is 16.4. The van der Waals surface area contributed by atoms with E-state index in [2.05, 4.69) is 15.5 Å². The lowest BCUT2D eigenvalue weighted by molar-refractivity contribution is -0.127. The van der Waals surface area contributed by atoms with Crippen molar-refractivity contribution in [2.45, 2.75) is 51.5 Å². The molecule has 8 nitrogen and oxygen atoms in total. The van der Waals surface area contributed by atoms with Crippen molar-refractivity contribution in [3.05, 3.63) is 77.0 Å². The lowest BCUT2D eigenvalue weighted by atomic mass is 9.88. The van der Waals surface area contributed by atoms with Crippen LogP contribution in [0.5, 0.6) is 0 Å². The predicted octanol–water partition coefficient (Wildman–Crippen LogP) is 3.13. The summed E-state index contributed by atoms with van der Waals surface area (Å²) in [6.45, 7) is 5.20. The zero-order valence-electron chi connectivity index (χ0n) is 19.6. The van der Waals surface area contributed by atoms with Crippen molar-refractivity contribution in [3.8, 4) is 0 Å². The number of fused-ring (bicyclic) bond motifs is 1. The van der Waals surface area contributed by atoms with E-state index < -0.39 is 17.4 Å². The molecule has 0 fully saturated rings. The minimum Gasteiger partial charge on any atom is -0.425 e. The standard InChI is InChI=1S/C26H28N4O4/c1-17-7-6-8-19(13-17)14-23-28-29-25(34-23)18(2)26(3,16-31)27-22(32)15-30-21-10-5-4-9-20(21)11-12-24(30)33/h4-10,13,16,18H,11-12,14-15H2,1-3H3,(H,27,32)/t18?,26-/m1/s1. The van der Waals surface area contributed by atoms with E-state index in [4.69, 9.17) is 4.42 Å². The van der Waals surface area contributed by atoms with E-state index in [1.165, 1.54) is 4.90 Å². The van der Waals surface area contributed by atoms with E-state index in [0.717, 1.165) is 22.4 Å². The number of nitrogens with zero attached hydrogens (tertiary/aromatic N) is 3. The molecule has 2 aromatic carbocycles. The van der Waals surface area contributed by atoms with Gasteiger partial charge in [0, 0.05) is 12.1 Å². The van der Waals surface area contributed by atoms with E-state index in [-0.39, 0.29) is 18.3 Å². The lowest BCUT2D eigenvalue weighted by Crippen LogP contribution is -2.54. The second kappa shape index (κ2) is 9.59. The third kappa shape index (κ3) is 4.90. The predicted molar refractivity (Wildman–Crippen MR) is 126 cm³/mol. The summed E-state index contributed by atoms with van der Waals surface area (Å²) >= 11 is 0. The van der Waals surface area contributed by atoms with Crippen LogP contribution in [0, 0.1) is 6.92 Å². The van der Waals surface area contributed by atoms with Gasteiger partial charge in [-0.25, -0.2) is 0 Å². The Labute approximate surface area is 198 Å². The maximum Gasteiger partial charge on any atom is 0.240 e. The fourth-order valence-electron chi connectivity index (χ4n) is 4.16. The van der Waals surface area contributed by atoms with Gasteiger partial charge in [-0.15, -0.1) is 10.2 Å². The van der Waals surface area contributed by atoms with E-state index in [0.29, 0.717) is 31.4 Å². The minimum atomic E-state index is -1.29. The van der Waals surface area contributed by atoms with Gasteiger partial charge >= 0.3 is 0 Å². The highest BCUT2D eigenvalue weighted by Gasteiger charge is 2.38. The van der Waals surface area contributed by atoms with Crippen molar-refractivity contribution in [1.29, 1.82) is 0 Å². The van der Waals surface area contributed by atoms with E-state index in [1.54, 1.807) is 13.8 Å². The first-order valence-electron chi connectivity index (χ1n) is 11.3. The molecule has 34 heavy (non-hydrogen) atoms. The molecular formula is C26H28N4O4. The fourth-order valence-corrected chi connectivity index (χ4v) is 4.16. The molecule has 8 heteroatoms. The number of nitrogens with one attached hydrogen (secondary N) is 1. The van der Waals surface area contributed by atoms with Gasteiger partial charge in [0.25, 0.3) is 0 Å². The average molecular weight is 461 g/mol. The van der Waals surface area contributed by atoms with E-state index >= 15 is 0 Å². The van der Waals surface area contributed by atoms with Crippen LogP contribution in [-0.4, -0.2) is 40.4 Å². The van der Waals surface area contributed by atoms with Gasteiger partial charge < -0.3 is 19.4 Å². The quantitative estimate of drug-likeness (QED) is 0.518. The Morgan fingerprint density at radius 2 is 2.00 bits per heavy atom. The van der Waals surface area contributed by atoms with Crippen LogP contribution in [-0.2, 0) is 27.2 Å². The molecule has 1 N–H and O–H groups in total. The molecule has 1 aliphatic rings. The van der Waals surface area contributed by atoms with Crippen LogP contribution < -0.4 is 10.2 Å². The van der Waals surface area contributed by atoms with Crippen LogP contribution in [0.25, 0.3) is 0 Å². The molecule has 0 radical (unpaired) electrons. The van der Waals surface area contributed by atoms with Gasteiger partial charge in [0.1, 0.15) is 18.4 Å². The average Bonchev–Trinajstić information content (AvgIpc) is 3.28. The number of aldehydes is 1. The molecule has 3 aromatic rings. The maximum absolute atomic E-state index is 12.9. The van der Waals surface area contributed by atoms with Crippen molar-refractivity contribution in [1.82, 2.24) is 15.5 Å². The molecule has 0 saturated carbocycles. The molecule has 2 amide bonds. The maximum atomic E-state index is 12.9. The molecule has 0 aliphatic carbocycles. The second-order valence-corrected chi connectivity index (χ2v) is 8.98. The summed E-state index contributed by atoms with van der Waals surface area (Å²) in [4.78, 5) is 39.0. The first-order chi connectivity index (χ1) is 16.3. The third-order valence-corrected chi connectivity index (χ3v) is 6.34. The number of hydrogen-bond donors (Lipinski definition) is 1. The van der Waals surface area contributed by atoms with Crippen LogP contribution in [0.2, 0.25) is 0 Å². The number of para-hydroxylation sites is 1. The van der Waals surface area contributed by atoms with Gasteiger partial charge in [-0.05, 0) is 37.5 Å². The normalized spacial score (nSPS) is 15.9.